The first-order chi connectivity index (χ1) is 7.65. The Kier molecular flexibility index (Phi) is 4.25. The summed E-state index contributed by atoms with van der Waals surface area (Å²) >= 11 is 0. The van der Waals surface area contributed by atoms with Crippen LogP contribution < -0.4 is 21.1 Å². The number of rotatable bonds is 6. The summed E-state index contributed by atoms with van der Waals surface area (Å²) in [5.41, 5.74) is 4.99. The van der Waals surface area contributed by atoms with E-state index < -0.39 is 5.91 Å². The van der Waals surface area contributed by atoms with E-state index >= 15 is 0 Å². The number of amides is 1. The van der Waals surface area contributed by atoms with E-state index in [2.05, 4.69) is 25.6 Å². The molecule has 88 valence electrons. The highest BCUT2D eigenvalue weighted by molar-refractivity contribution is 5.78. The molecule has 8 heteroatoms. The zero-order chi connectivity index (χ0) is 12.0. The van der Waals surface area contributed by atoms with E-state index in [1.54, 1.807) is 0 Å². The van der Waals surface area contributed by atoms with Gasteiger partial charge in [0.2, 0.25) is 17.8 Å². The van der Waals surface area contributed by atoms with Crippen LogP contribution in [-0.4, -0.2) is 41.1 Å². The predicted molar refractivity (Wildman–Crippen MR) is 58.2 cm³/mol. The first kappa shape index (κ1) is 12.0. The van der Waals surface area contributed by atoms with Crippen molar-refractivity contribution in [3.63, 3.8) is 0 Å². The van der Waals surface area contributed by atoms with Gasteiger partial charge in [0, 0.05) is 6.54 Å². The number of methoxy groups -OCH3 is 1. The SMILES string of the molecule is CCNc1nc(NCC(N)=O)nc(OC)n1. The Morgan fingerprint density at radius 1 is 1.31 bits per heavy atom. The first-order valence-electron chi connectivity index (χ1n) is 4.71. The maximum absolute atomic E-state index is 10.6. The fourth-order valence-corrected chi connectivity index (χ4v) is 0.930. The van der Waals surface area contributed by atoms with E-state index in [1.165, 1.54) is 7.11 Å². The second-order valence-corrected chi connectivity index (χ2v) is 2.82. The number of nitrogens with zero attached hydrogens (tertiary/aromatic N) is 3. The molecule has 8 nitrogen and oxygen atoms in total. The fraction of sp³-hybridized carbons (Fsp3) is 0.500. The van der Waals surface area contributed by atoms with Crippen LogP contribution in [0.4, 0.5) is 11.9 Å². The first-order valence-corrected chi connectivity index (χ1v) is 4.71. The van der Waals surface area contributed by atoms with Gasteiger partial charge in [0.15, 0.2) is 0 Å². The molecule has 0 saturated carbocycles. The monoisotopic (exact) mass is 226 g/mol. The lowest BCUT2D eigenvalue weighted by Crippen LogP contribution is -2.23. The van der Waals surface area contributed by atoms with Crippen LogP contribution in [0.2, 0.25) is 0 Å². The largest absolute Gasteiger partial charge is 0.467 e. The van der Waals surface area contributed by atoms with Gasteiger partial charge in [-0.25, -0.2) is 0 Å². The smallest absolute Gasteiger partial charge is 0.322 e. The molecule has 0 aromatic carbocycles. The van der Waals surface area contributed by atoms with Gasteiger partial charge in [0.1, 0.15) is 0 Å². The molecule has 0 aliphatic carbocycles. The number of nitrogens with one attached hydrogen (secondary N) is 2. The van der Waals surface area contributed by atoms with Crippen LogP contribution in [0.25, 0.3) is 0 Å². The second kappa shape index (κ2) is 5.69. The number of primary amides is 1. The zero-order valence-corrected chi connectivity index (χ0v) is 9.15. The van der Waals surface area contributed by atoms with Crippen molar-refractivity contribution in [3.05, 3.63) is 0 Å². The molecule has 0 fully saturated rings. The van der Waals surface area contributed by atoms with Crippen molar-refractivity contribution < 1.29 is 9.53 Å². The van der Waals surface area contributed by atoms with Crippen LogP contribution in [0.5, 0.6) is 6.01 Å². The molecule has 1 heterocycles. The summed E-state index contributed by atoms with van der Waals surface area (Å²) in [4.78, 5) is 22.5. The van der Waals surface area contributed by atoms with Crippen molar-refractivity contribution >= 4 is 17.8 Å². The molecule has 4 N–H and O–H groups in total. The van der Waals surface area contributed by atoms with E-state index in [1.807, 2.05) is 6.92 Å². The molecule has 0 radical (unpaired) electrons. The molecule has 0 atom stereocenters. The average Bonchev–Trinajstić information content (AvgIpc) is 2.26. The van der Waals surface area contributed by atoms with Gasteiger partial charge in [-0.1, -0.05) is 0 Å². The lowest BCUT2D eigenvalue weighted by Gasteiger charge is -2.07. The van der Waals surface area contributed by atoms with Gasteiger partial charge in [-0.3, -0.25) is 4.79 Å². The summed E-state index contributed by atoms with van der Waals surface area (Å²) in [7, 11) is 1.45. The van der Waals surface area contributed by atoms with Gasteiger partial charge < -0.3 is 21.1 Å². The van der Waals surface area contributed by atoms with E-state index in [-0.39, 0.29) is 18.5 Å². The number of ether oxygens (including phenoxy) is 1. The number of hydrogen-bond acceptors (Lipinski definition) is 7. The number of carbonyl (C=O) groups excluding carboxylic acids is 1. The Balaban J connectivity index is 2.81. The molecule has 0 saturated heterocycles. The molecule has 1 aromatic heterocycles. The van der Waals surface area contributed by atoms with Gasteiger partial charge in [-0.05, 0) is 6.92 Å². The highest BCUT2D eigenvalue weighted by atomic mass is 16.5. The Labute approximate surface area is 92.6 Å². The average molecular weight is 226 g/mol. The molecule has 1 rings (SSSR count). The normalized spacial score (nSPS) is 9.62. The van der Waals surface area contributed by atoms with Crippen molar-refractivity contribution in [1.82, 2.24) is 15.0 Å². The standard InChI is InChI=1S/C8H14N6O2/c1-3-10-6-12-7(11-4-5(9)15)14-8(13-6)16-2/h3-4H2,1-2H3,(H2,9,15)(H2,10,11,12,13,14). The number of anilines is 2. The molecule has 0 unspecified atom stereocenters. The third kappa shape index (κ3) is 3.56. The van der Waals surface area contributed by atoms with E-state index in [4.69, 9.17) is 10.5 Å². The molecule has 0 aliphatic rings. The third-order valence-electron chi connectivity index (χ3n) is 1.55. The van der Waals surface area contributed by atoms with E-state index in [0.29, 0.717) is 12.5 Å². The zero-order valence-electron chi connectivity index (χ0n) is 9.15. The summed E-state index contributed by atoms with van der Waals surface area (Å²) < 4.78 is 4.89. The van der Waals surface area contributed by atoms with Crippen LogP contribution in [0.15, 0.2) is 0 Å². The Morgan fingerprint density at radius 3 is 2.44 bits per heavy atom. The van der Waals surface area contributed by atoms with Gasteiger partial charge >= 0.3 is 6.01 Å². The maximum atomic E-state index is 10.6. The minimum atomic E-state index is -0.496. The molecular formula is C8H14N6O2. The minimum Gasteiger partial charge on any atom is -0.467 e. The number of aromatic nitrogens is 3. The van der Waals surface area contributed by atoms with Crippen LogP contribution in [-0.2, 0) is 4.79 Å². The quantitative estimate of drug-likeness (QED) is 0.582. The molecule has 0 spiro atoms. The lowest BCUT2D eigenvalue weighted by molar-refractivity contribution is -0.116. The third-order valence-corrected chi connectivity index (χ3v) is 1.55. The van der Waals surface area contributed by atoms with Crippen LogP contribution in [0.3, 0.4) is 0 Å². The van der Waals surface area contributed by atoms with Crippen LogP contribution >= 0.6 is 0 Å². The molecule has 1 aromatic rings. The summed E-state index contributed by atoms with van der Waals surface area (Å²) in [5.74, 6) is 0.118. The summed E-state index contributed by atoms with van der Waals surface area (Å²) in [6.07, 6.45) is 0. The molecule has 0 aliphatic heterocycles. The molecule has 0 bridgehead atoms. The lowest BCUT2D eigenvalue weighted by atomic mass is 10.6. The van der Waals surface area contributed by atoms with Crippen molar-refractivity contribution in [2.24, 2.45) is 5.73 Å². The Morgan fingerprint density at radius 2 is 1.94 bits per heavy atom. The van der Waals surface area contributed by atoms with Crippen molar-refractivity contribution in [1.29, 1.82) is 0 Å². The summed E-state index contributed by atoms with van der Waals surface area (Å²) in [6, 6.07) is 0.165. The Hall–Kier alpha value is -2.12. The fourth-order valence-electron chi connectivity index (χ4n) is 0.930. The minimum absolute atomic E-state index is 0.0429. The maximum Gasteiger partial charge on any atom is 0.322 e. The highest BCUT2D eigenvalue weighted by Crippen LogP contribution is 2.09. The predicted octanol–water partition coefficient (Wildman–Crippen LogP) is -0.791. The molecular weight excluding hydrogens is 212 g/mol. The number of carbonyl (C=O) groups is 1. The van der Waals surface area contributed by atoms with E-state index in [0.717, 1.165) is 0 Å². The molecule has 16 heavy (non-hydrogen) atoms. The number of hydrogen-bond donors (Lipinski definition) is 3. The van der Waals surface area contributed by atoms with Gasteiger partial charge in [-0.15, -0.1) is 0 Å². The van der Waals surface area contributed by atoms with Crippen molar-refractivity contribution in [3.8, 4) is 6.01 Å². The van der Waals surface area contributed by atoms with Crippen LogP contribution in [0.1, 0.15) is 6.92 Å². The van der Waals surface area contributed by atoms with Crippen molar-refractivity contribution in [2.75, 3.05) is 30.8 Å². The van der Waals surface area contributed by atoms with Gasteiger partial charge in [0.25, 0.3) is 0 Å². The number of nitrogens with two attached hydrogens (primary N) is 1. The van der Waals surface area contributed by atoms with Crippen molar-refractivity contribution in [2.45, 2.75) is 6.92 Å². The summed E-state index contributed by atoms with van der Waals surface area (Å²) in [5, 5.41) is 5.57. The molecule has 1 amide bonds. The summed E-state index contributed by atoms with van der Waals surface area (Å²) in [6.45, 7) is 2.54. The second-order valence-electron chi connectivity index (χ2n) is 2.82. The van der Waals surface area contributed by atoms with E-state index in [9.17, 15) is 4.79 Å². The highest BCUT2D eigenvalue weighted by Gasteiger charge is 2.06. The van der Waals surface area contributed by atoms with Crippen LogP contribution in [0, 0.1) is 0 Å². The Bertz CT molecular complexity index is 370. The van der Waals surface area contributed by atoms with Gasteiger partial charge in [0.05, 0.1) is 13.7 Å². The topological polar surface area (TPSA) is 115 Å². The van der Waals surface area contributed by atoms with Gasteiger partial charge in [-0.2, -0.15) is 15.0 Å².